The Balaban J connectivity index is 1.51. The fourth-order valence-electron chi connectivity index (χ4n) is 2.64. The number of guanidine groups is 1. The van der Waals surface area contributed by atoms with Gasteiger partial charge in [0.1, 0.15) is 5.75 Å². The summed E-state index contributed by atoms with van der Waals surface area (Å²) in [5, 5.41) is 5.28. The molecule has 0 fully saturated rings. The first-order valence-electron chi connectivity index (χ1n) is 7.61. The molecule has 0 bridgehead atoms. The molecule has 3 rings (SSSR count). The lowest BCUT2D eigenvalue weighted by Crippen LogP contribution is -2.33. The number of nitrogens with zero attached hydrogens (tertiary/aromatic N) is 1. The number of rotatable bonds is 5. The second kappa shape index (κ2) is 7.31. The van der Waals surface area contributed by atoms with Crippen molar-refractivity contribution in [2.24, 2.45) is 10.7 Å². The second-order valence-electron chi connectivity index (χ2n) is 5.35. The molecule has 116 valence electrons. The van der Waals surface area contributed by atoms with Crippen LogP contribution in [0.2, 0.25) is 0 Å². The zero-order valence-corrected chi connectivity index (χ0v) is 13.3. The monoisotopic (exact) mass is 315 g/mol. The second-order valence-corrected chi connectivity index (χ2v) is 6.39. The largest absolute Gasteiger partial charge is 0.493 e. The Labute approximate surface area is 135 Å². The SMILES string of the molecule is NC(=NCC1CCOc2ccccc21)NCCc1cccs1. The highest BCUT2D eigenvalue weighted by Gasteiger charge is 2.20. The molecule has 1 unspecified atom stereocenters. The summed E-state index contributed by atoms with van der Waals surface area (Å²) >= 11 is 1.77. The topological polar surface area (TPSA) is 59.6 Å². The van der Waals surface area contributed by atoms with E-state index in [-0.39, 0.29) is 0 Å². The number of fused-ring (bicyclic) bond motifs is 1. The van der Waals surface area contributed by atoms with Gasteiger partial charge in [-0.3, -0.25) is 4.99 Å². The first-order valence-corrected chi connectivity index (χ1v) is 8.49. The minimum Gasteiger partial charge on any atom is -0.493 e. The van der Waals surface area contributed by atoms with Gasteiger partial charge in [-0.05, 0) is 35.9 Å². The lowest BCUT2D eigenvalue weighted by molar-refractivity contribution is 0.269. The number of ether oxygens (including phenoxy) is 1. The molecule has 3 N–H and O–H groups in total. The van der Waals surface area contributed by atoms with Gasteiger partial charge in [0.05, 0.1) is 6.61 Å². The van der Waals surface area contributed by atoms with E-state index in [4.69, 9.17) is 10.5 Å². The van der Waals surface area contributed by atoms with E-state index in [1.54, 1.807) is 11.3 Å². The van der Waals surface area contributed by atoms with E-state index in [0.717, 1.165) is 31.7 Å². The summed E-state index contributed by atoms with van der Waals surface area (Å²) in [5.41, 5.74) is 7.20. The van der Waals surface area contributed by atoms with Gasteiger partial charge in [0.2, 0.25) is 0 Å². The molecule has 1 aliphatic heterocycles. The van der Waals surface area contributed by atoms with E-state index in [1.807, 2.05) is 18.2 Å². The molecule has 2 aromatic rings. The number of benzene rings is 1. The summed E-state index contributed by atoms with van der Waals surface area (Å²) in [5.74, 6) is 1.90. The first-order chi connectivity index (χ1) is 10.8. The quantitative estimate of drug-likeness (QED) is 0.659. The van der Waals surface area contributed by atoms with Crippen molar-refractivity contribution in [1.29, 1.82) is 0 Å². The van der Waals surface area contributed by atoms with E-state index in [9.17, 15) is 0 Å². The Hall–Kier alpha value is -2.01. The van der Waals surface area contributed by atoms with Gasteiger partial charge in [0.25, 0.3) is 0 Å². The number of hydrogen-bond acceptors (Lipinski definition) is 3. The maximum atomic E-state index is 5.96. The molecule has 22 heavy (non-hydrogen) atoms. The summed E-state index contributed by atoms with van der Waals surface area (Å²) in [6.07, 6.45) is 1.97. The van der Waals surface area contributed by atoms with E-state index in [1.165, 1.54) is 10.4 Å². The average Bonchev–Trinajstić information content (AvgIpc) is 3.06. The van der Waals surface area contributed by atoms with Gasteiger partial charge < -0.3 is 15.8 Å². The molecular weight excluding hydrogens is 294 g/mol. The Morgan fingerprint density at radius 1 is 1.32 bits per heavy atom. The zero-order valence-electron chi connectivity index (χ0n) is 12.5. The maximum absolute atomic E-state index is 5.96. The first kappa shape index (κ1) is 14.9. The van der Waals surface area contributed by atoms with Gasteiger partial charge in [0, 0.05) is 23.9 Å². The fourth-order valence-corrected chi connectivity index (χ4v) is 3.35. The predicted molar refractivity (Wildman–Crippen MR) is 91.8 cm³/mol. The van der Waals surface area contributed by atoms with Crippen LogP contribution in [0.4, 0.5) is 0 Å². The van der Waals surface area contributed by atoms with Crippen molar-refractivity contribution < 1.29 is 4.74 Å². The summed E-state index contributed by atoms with van der Waals surface area (Å²) in [4.78, 5) is 5.86. The highest BCUT2D eigenvalue weighted by Crippen LogP contribution is 2.33. The third kappa shape index (κ3) is 3.80. The number of para-hydroxylation sites is 1. The number of thiophene rings is 1. The molecular formula is C17H21N3OS. The molecule has 1 atom stereocenters. The van der Waals surface area contributed by atoms with Crippen LogP contribution >= 0.6 is 11.3 Å². The molecule has 0 spiro atoms. The van der Waals surface area contributed by atoms with Crippen molar-refractivity contribution in [2.75, 3.05) is 19.7 Å². The minimum atomic E-state index is 0.391. The molecule has 0 saturated carbocycles. The number of aliphatic imine (C=N–C) groups is 1. The molecule has 4 nitrogen and oxygen atoms in total. The summed E-state index contributed by atoms with van der Waals surface area (Å²) in [7, 11) is 0. The van der Waals surface area contributed by atoms with Gasteiger partial charge in [-0.15, -0.1) is 11.3 Å². The lowest BCUT2D eigenvalue weighted by Gasteiger charge is -2.24. The van der Waals surface area contributed by atoms with Gasteiger partial charge in [-0.1, -0.05) is 24.3 Å². The molecule has 0 saturated heterocycles. The number of nitrogens with one attached hydrogen (secondary N) is 1. The van der Waals surface area contributed by atoms with E-state index >= 15 is 0 Å². The van der Waals surface area contributed by atoms with E-state index in [0.29, 0.717) is 18.4 Å². The maximum Gasteiger partial charge on any atom is 0.188 e. The van der Waals surface area contributed by atoms with Gasteiger partial charge in [0.15, 0.2) is 5.96 Å². The fraction of sp³-hybridized carbons (Fsp3) is 0.353. The molecule has 2 heterocycles. The Bertz CT molecular complexity index is 625. The standard InChI is InChI=1S/C17H21N3OS/c18-17(19-9-7-14-4-3-11-22-14)20-12-13-8-10-21-16-6-2-1-5-15(13)16/h1-6,11,13H,7-10,12H2,(H3,18,19,20). The smallest absolute Gasteiger partial charge is 0.188 e. The van der Waals surface area contributed by atoms with E-state index in [2.05, 4.69) is 33.9 Å². The van der Waals surface area contributed by atoms with Crippen LogP contribution in [0.3, 0.4) is 0 Å². The molecule has 0 amide bonds. The molecule has 0 aliphatic carbocycles. The van der Waals surface area contributed by atoms with Gasteiger partial charge >= 0.3 is 0 Å². The van der Waals surface area contributed by atoms with Crippen molar-refractivity contribution in [1.82, 2.24) is 5.32 Å². The number of nitrogens with two attached hydrogens (primary N) is 1. The lowest BCUT2D eigenvalue weighted by atomic mass is 9.93. The van der Waals surface area contributed by atoms with Gasteiger partial charge in [-0.2, -0.15) is 0 Å². The normalized spacial score (nSPS) is 17.6. The average molecular weight is 315 g/mol. The van der Waals surface area contributed by atoms with Crippen molar-refractivity contribution in [3.8, 4) is 5.75 Å². The van der Waals surface area contributed by atoms with Crippen molar-refractivity contribution in [2.45, 2.75) is 18.8 Å². The number of hydrogen-bond donors (Lipinski definition) is 2. The Morgan fingerprint density at radius 2 is 2.23 bits per heavy atom. The molecule has 1 aliphatic rings. The molecule has 1 aromatic heterocycles. The molecule has 1 aromatic carbocycles. The van der Waals surface area contributed by atoms with Crippen LogP contribution in [0.5, 0.6) is 5.75 Å². The third-order valence-corrected chi connectivity index (χ3v) is 4.76. The predicted octanol–water partition coefficient (Wildman–Crippen LogP) is 2.76. The Kier molecular flexibility index (Phi) is 4.96. The Morgan fingerprint density at radius 3 is 3.09 bits per heavy atom. The van der Waals surface area contributed by atoms with Crippen LogP contribution in [0.1, 0.15) is 22.8 Å². The van der Waals surface area contributed by atoms with Gasteiger partial charge in [-0.25, -0.2) is 0 Å². The van der Waals surface area contributed by atoms with Crippen molar-refractivity contribution >= 4 is 17.3 Å². The highest BCUT2D eigenvalue weighted by atomic mass is 32.1. The van der Waals surface area contributed by atoms with Crippen LogP contribution < -0.4 is 15.8 Å². The van der Waals surface area contributed by atoms with Crippen LogP contribution in [0.15, 0.2) is 46.8 Å². The minimum absolute atomic E-state index is 0.391. The third-order valence-electron chi connectivity index (χ3n) is 3.82. The molecule has 0 radical (unpaired) electrons. The van der Waals surface area contributed by atoms with Crippen LogP contribution in [-0.2, 0) is 6.42 Å². The van der Waals surface area contributed by atoms with Crippen molar-refractivity contribution in [3.63, 3.8) is 0 Å². The van der Waals surface area contributed by atoms with Crippen molar-refractivity contribution in [3.05, 3.63) is 52.2 Å². The molecule has 5 heteroatoms. The zero-order chi connectivity index (χ0) is 15.2. The van der Waals surface area contributed by atoms with Crippen LogP contribution in [-0.4, -0.2) is 25.7 Å². The van der Waals surface area contributed by atoms with Crippen LogP contribution in [0, 0.1) is 0 Å². The summed E-state index contributed by atoms with van der Waals surface area (Å²) in [6.45, 7) is 2.28. The summed E-state index contributed by atoms with van der Waals surface area (Å²) in [6, 6.07) is 12.4. The van der Waals surface area contributed by atoms with E-state index < -0.39 is 0 Å². The van der Waals surface area contributed by atoms with Crippen LogP contribution in [0.25, 0.3) is 0 Å². The summed E-state index contributed by atoms with van der Waals surface area (Å²) < 4.78 is 5.67. The highest BCUT2D eigenvalue weighted by molar-refractivity contribution is 7.09.